The van der Waals surface area contributed by atoms with Crippen LogP contribution in [-0.4, -0.2) is 19.7 Å². The maximum atomic E-state index is 5.92. The summed E-state index contributed by atoms with van der Waals surface area (Å²) in [4.78, 5) is 8.31. The number of nitrogens with zero attached hydrogens (tertiary/aromatic N) is 4. The van der Waals surface area contributed by atoms with Crippen LogP contribution in [0, 0.1) is 0 Å². The van der Waals surface area contributed by atoms with E-state index in [0.29, 0.717) is 0 Å². The molecule has 1 aromatic carbocycles. The van der Waals surface area contributed by atoms with Gasteiger partial charge in [0.05, 0.1) is 5.69 Å². The molecule has 0 bridgehead atoms. The Morgan fingerprint density at radius 3 is 2.71 bits per heavy atom. The lowest BCUT2D eigenvalue weighted by Crippen LogP contribution is -2.10. The van der Waals surface area contributed by atoms with Gasteiger partial charge >= 0.3 is 0 Å². The van der Waals surface area contributed by atoms with E-state index in [4.69, 9.17) is 11.6 Å². The molecule has 5 nitrogen and oxygen atoms in total. The van der Waals surface area contributed by atoms with Gasteiger partial charge in [-0.05, 0) is 36.8 Å². The fraction of sp³-hybridized carbons (Fsp3) is 0.133. The van der Waals surface area contributed by atoms with Gasteiger partial charge in [0.15, 0.2) is 5.82 Å². The summed E-state index contributed by atoms with van der Waals surface area (Å²) in [6.07, 6.45) is 4.84. The summed E-state index contributed by atoms with van der Waals surface area (Å²) in [6.45, 7) is 2.08. The number of benzene rings is 1. The smallest absolute Gasteiger partial charge is 0.178 e. The minimum Gasteiger partial charge on any atom is -0.375 e. The van der Waals surface area contributed by atoms with Gasteiger partial charge in [-0.3, -0.25) is 0 Å². The van der Waals surface area contributed by atoms with Crippen LogP contribution >= 0.6 is 11.6 Å². The summed E-state index contributed by atoms with van der Waals surface area (Å²) in [5.41, 5.74) is 2.04. The van der Waals surface area contributed by atoms with Gasteiger partial charge in [-0.1, -0.05) is 23.7 Å². The number of rotatable bonds is 4. The van der Waals surface area contributed by atoms with Gasteiger partial charge in [-0.15, -0.1) is 0 Å². The molecule has 2 heterocycles. The number of hydrogen-bond donors (Lipinski definition) is 1. The lowest BCUT2D eigenvalue weighted by Gasteiger charge is -2.17. The third-order valence-electron chi connectivity index (χ3n) is 3.16. The Balaban J connectivity index is 1.86. The van der Waals surface area contributed by atoms with Crippen molar-refractivity contribution in [2.45, 2.75) is 13.0 Å². The van der Waals surface area contributed by atoms with Crippen molar-refractivity contribution in [3.8, 4) is 5.82 Å². The average Bonchev–Trinajstić information content (AvgIpc) is 3.02. The summed E-state index contributed by atoms with van der Waals surface area (Å²) < 4.78 is 1.64. The summed E-state index contributed by atoms with van der Waals surface area (Å²) in [5, 5.41) is 8.30. The minimum absolute atomic E-state index is 0.119. The van der Waals surface area contributed by atoms with Crippen LogP contribution in [0.3, 0.4) is 0 Å². The first kappa shape index (κ1) is 13.6. The maximum Gasteiger partial charge on any atom is 0.178 e. The molecule has 1 N–H and O–H groups in total. The molecule has 2 aromatic heterocycles. The highest BCUT2D eigenvalue weighted by atomic mass is 35.5. The molecule has 0 fully saturated rings. The normalized spacial score (nSPS) is 12.1. The third kappa shape index (κ3) is 3.03. The molecular formula is C15H14ClN5. The predicted molar refractivity (Wildman–Crippen MR) is 82.6 cm³/mol. The second-order valence-corrected chi connectivity index (χ2v) is 5.07. The number of pyridine rings is 1. The molecule has 3 aromatic rings. The molecule has 0 radical (unpaired) electrons. The number of hydrogen-bond acceptors (Lipinski definition) is 4. The van der Waals surface area contributed by atoms with Crippen molar-refractivity contribution in [3.05, 3.63) is 65.8 Å². The monoisotopic (exact) mass is 299 g/mol. The van der Waals surface area contributed by atoms with E-state index in [0.717, 1.165) is 22.1 Å². The molecule has 1 unspecified atom stereocenters. The zero-order valence-electron chi connectivity index (χ0n) is 11.4. The van der Waals surface area contributed by atoms with Gasteiger partial charge in [-0.25, -0.2) is 14.6 Å². The first-order valence-electron chi connectivity index (χ1n) is 6.56. The van der Waals surface area contributed by atoms with Gasteiger partial charge in [-0.2, -0.15) is 5.10 Å². The number of nitrogens with one attached hydrogen (secondary N) is 1. The second-order valence-electron chi connectivity index (χ2n) is 4.63. The Morgan fingerprint density at radius 1 is 1.19 bits per heavy atom. The van der Waals surface area contributed by atoms with E-state index < -0.39 is 0 Å². The van der Waals surface area contributed by atoms with Gasteiger partial charge in [0.2, 0.25) is 0 Å². The van der Waals surface area contributed by atoms with E-state index in [1.54, 1.807) is 17.2 Å². The molecule has 0 aliphatic rings. The molecule has 3 rings (SSSR count). The Labute approximate surface area is 127 Å². The average molecular weight is 300 g/mol. The second kappa shape index (κ2) is 5.93. The quantitative estimate of drug-likeness (QED) is 0.801. The molecule has 0 spiro atoms. The summed E-state index contributed by atoms with van der Waals surface area (Å²) in [6, 6.07) is 11.8. The Morgan fingerprint density at radius 2 is 2.00 bits per heavy atom. The molecule has 21 heavy (non-hydrogen) atoms. The van der Waals surface area contributed by atoms with E-state index in [1.165, 1.54) is 6.33 Å². The highest BCUT2D eigenvalue weighted by Gasteiger charge is 2.10. The van der Waals surface area contributed by atoms with Crippen LogP contribution in [0.4, 0.5) is 5.69 Å². The zero-order chi connectivity index (χ0) is 14.7. The number of aromatic nitrogens is 4. The van der Waals surface area contributed by atoms with Crippen LogP contribution in [0.25, 0.3) is 5.82 Å². The van der Waals surface area contributed by atoms with Crippen LogP contribution in [0.2, 0.25) is 5.02 Å². The topological polar surface area (TPSA) is 55.6 Å². The van der Waals surface area contributed by atoms with Crippen molar-refractivity contribution in [2.24, 2.45) is 0 Å². The lowest BCUT2D eigenvalue weighted by molar-refractivity contribution is 0.828. The van der Waals surface area contributed by atoms with Crippen molar-refractivity contribution >= 4 is 17.3 Å². The van der Waals surface area contributed by atoms with E-state index in [1.807, 2.05) is 36.4 Å². The summed E-state index contributed by atoms with van der Waals surface area (Å²) in [7, 11) is 0. The standard InChI is InChI=1S/C15H14ClN5/c1-11(12-4-6-13(16)7-5-12)20-14-3-2-8-18-15(14)21-10-17-9-19-21/h2-11,20H,1H3. The van der Waals surface area contributed by atoms with Gasteiger partial charge in [0.25, 0.3) is 0 Å². The molecule has 0 aliphatic heterocycles. The molecular weight excluding hydrogens is 286 g/mol. The molecule has 1 atom stereocenters. The Hall–Kier alpha value is -2.40. The van der Waals surface area contributed by atoms with E-state index in [9.17, 15) is 0 Å². The molecule has 0 aliphatic carbocycles. The SMILES string of the molecule is CC(Nc1cccnc1-n1cncn1)c1ccc(Cl)cc1. The van der Waals surface area contributed by atoms with Gasteiger partial charge in [0.1, 0.15) is 12.7 Å². The molecule has 0 amide bonds. The van der Waals surface area contributed by atoms with Gasteiger partial charge < -0.3 is 5.32 Å². The van der Waals surface area contributed by atoms with Crippen molar-refractivity contribution < 1.29 is 0 Å². The molecule has 6 heteroatoms. The maximum absolute atomic E-state index is 5.92. The van der Waals surface area contributed by atoms with E-state index in [-0.39, 0.29) is 6.04 Å². The first-order chi connectivity index (χ1) is 10.2. The Bertz CT molecular complexity index is 709. The highest BCUT2D eigenvalue weighted by molar-refractivity contribution is 6.30. The van der Waals surface area contributed by atoms with Crippen molar-refractivity contribution in [3.63, 3.8) is 0 Å². The fourth-order valence-corrected chi connectivity index (χ4v) is 2.20. The Kier molecular flexibility index (Phi) is 3.83. The first-order valence-corrected chi connectivity index (χ1v) is 6.94. The third-order valence-corrected chi connectivity index (χ3v) is 3.42. The van der Waals surface area contributed by atoms with Crippen molar-refractivity contribution in [1.82, 2.24) is 19.7 Å². The number of halogens is 1. The van der Waals surface area contributed by atoms with E-state index in [2.05, 4.69) is 27.3 Å². The lowest BCUT2D eigenvalue weighted by atomic mass is 10.1. The van der Waals surface area contributed by atoms with Crippen LogP contribution in [0.1, 0.15) is 18.5 Å². The summed E-state index contributed by atoms with van der Waals surface area (Å²) >= 11 is 5.92. The van der Waals surface area contributed by atoms with Crippen molar-refractivity contribution in [2.75, 3.05) is 5.32 Å². The van der Waals surface area contributed by atoms with E-state index >= 15 is 0 Å². The zero-order valence-corrected chi connectivity index (χ0v) is 12.2. The van der Waals surface area contributed by atoms with Crippen LogP contribution < -0.4 is 5.32 Å². The largest absolute Gasteiger partial charge is 0.375 e. The van der Waals surface area contributed by atoms with Crippen LogP contribution in [0.15, 0.2) is 55.2 Å². The van der Waals surface area contributed by atoms with Crippen molar-refractivity contribution in [1.29, 1.82) is 0 Å². The molecule has 106 valence electrons. The molecule has 0 saturated carbocycles. The summed E-state index contributed by atoms with van der Waals surface area (Å²) in [5.74, 6) is 0.718. The number of anilines is 1. The van der Waals surface area contributed by atoms with Crippen LogP contribution in [0.5, 0.6) is 0 Å². The van der Waals surface area contributed by atoms with Gasteiger partial charge in [0, 0.05) is 17.3 Å². The highest BCUT2D eigenvalue weighted by Crippen LogP contribution is 2.23. The fourth-order valence-electron chi connectivity index (χ4n) is 2.08. The predicted octanol–water partition coefficient (Wildman–Crippen LogP) is 3.49. The van der Waals surface area contributed by atoms with Crippen LogP contribution in [-0.2, 0) is 0 Å². The molecule has 0 saturated heterocycles. The minimum atomic E-state index is 0.119.